The van der Waals surface area contributed by atoms with Gasteiger partial charge in [0.25, 0.3) is 11.7 Å². The van der Waals surface area contributed by atoms with Gasteiger partial charge in [-0.3, -0.25) is 9.48 Å². The van der Waals surface area contributed by atoms with Crippen molar-refractivity contribution < 1.29 is 4.79 Å². The van der Waals surface area contributed by atoms with E-state index >= 15 is 0 Å². The molecule has 0 N–H and O–H groups in total. The lowest BCUT2D eigenvalue weighted by atomic mass is 10.1. The van der Waals surface area contributed by atoms with E-state index in [4.69, 9.17) is 0 Å². The fourth-order valence-electron chi connectivity index (χ4n) is 1.54. The molecule has 2 heterocycles. The number of hydrogen-bond donors (Lipinski definition) is 0. The molecular weight excluding hydrogens is 258 g/mol. The number of hydrogen-bond acceptors (Lipinski definition) is 5. The average Bonchev–Trinajstić information content (AvgIpc) is 3.04. The maximum absolute atomic E-state index is 12.2. The van der Waals surface area contributed by atoms with Gasteiger partial charge in [-0.25, -0.2) is 0 Å². The predicted molar refractivity (Wildman–Crippen MR) is 72.0 cm³/mol. The molecule has 0 unspecified atom stereocenters. The van der Waals surface area contributed by atoms with Gasteiger partial charge in [-0.2, -0.15) is 9.90 Å². The van der Waals surface area contributed by atoms with Gasteiger partial charge in [-0.15, -0.1) is 10.2 Å². The van der Waals surface area contributed by atoms with E-state index in [1.807, 2.05) is 33.0 Å². The topological polar surface area (TPSA) is 81.7 Å². The van der Waals surface area contributed by atoms with Crippen LogP contribution in [0.25, 0.3) is 0 Å². The summed E-state index contributed by atoms with van der Waals surface area (Å²) in [6, 6.07) is 1.85. The molecule has 2 aromatic heterocycles. The molecule has 0 atom stereocenters. The van der Waals surface area contributed by atoms with Crippen LogP contribution in [0, 0.1) is 0 Å². The van der Waals surface area contributed by atoms with Crippen LogP contribution in [0.1, 0.15) is 31.4 Å². The summed E-state index contributed by atoms with van der Waals surface area (Å²) in [7, 11) is 1.71. The molecule has 1 amide bonds. The number of tetrazole rings is 1. The highest BCUT2D eigenvalue weighted by Crippen LogP contribution is 2.09. The van der Waals surface area contributed by atoms with Gasteiger partial charge in [-0.1, -0.05) is 0 Å². The molecule has 20 heavy (non-hydrogen) atoms. The lowest BCUT2D eigenvalue weighted by Gasteiger charge is -2.16. The van der Waals surface area contributed by atoms with E-state index in [1.165, 1.54) is 4.80 Å². The third kappa shape index (κ3) is 3.19. The van der Waals surface area contributed by atoms with Crippen LogP contribution in [0.15, 0.2) is 18.5 Å². The minimum atomic E-state index is -0.292. The van der Waals surface area contributed by atoms with E-state index in [1.54, 1.807) is 22.8 Å². The summed E-state index contributed by atoms with van der Waals surface area (Å²) in [5.41, 5.74) is -0.292. The normalized spacial score (nSPS) is 11.6. The first-order valence-electron chi connectivity index (χ1n) is 6.41. The van der Waals surface area contributed by atoms with Crippen LogP contribution in [-0.2, 0) is 12.1 Å². The molecule has 0 spiro atoms. The van der Waals surface area contributed by atoms with Crippen molar-refractivity contribution in [3.05, 3.63) is 24.3 Å². The molecule has 0 aromatic carbocycles. The monoisotopic (exact) mass is 277 g/mol. The van der Waals surface area contributed by atoms with Crippen molar-refractivity contribution in [2.45, 2.75) is 32.9 Å². The number of carbonyl (C=O) groups is 1. The zero-order valence-corrected chi connectivity index (χ0v) is 12.2. The Balaban J connectivity index is 1.98. The quantitative estimate of drug-likeness (QED) is 0.807. The van der Waals surface area contributed by atoms with Crippen molar-refractivity contribution >= 4 is 5.91 Å². The Bertz CT molecular complexity index is 567. The van der Waals surface area contributed by atoms with Gasteiger partial charge in [0.05, 0.1) is 12.1 Å². The Morgan fingerprint density at radius 1 is 1.40 bits per heavy atom. The third-order valence-corrected chi connectivity index (χ3v) is 2.78. The fraction of sp³-hybridized carbons (Fsp3) is 0.583. The number of nitrogens with zero attached hydrogens (tertiary/aromatic N) is 7. The zero-order valence-electron chi connectivity index (χ0n) is 12.2. The van der Waals surface area contributed by atoms with Crippen LogP contribution in [0.3, 0.4) is 0 Å². The summed E-state index contributed by atoms with van der Waals surface area (Å²) in [4.78, 5) is 15.2. The average molecular weight is 277 g/mol. The van der Waals surface area contributed by atoms with E-state index in [-0.39, 0.29) is 17.3 Å². The molecule has 0 aliphatic rings. The highest BCUT2D eigenvalue weighted by atomic mass is 16.2. The van der Waals surface area contributed by atoms with Crippen LogP contribution in [0.5, 0.6) is 0 Å². The highest BCUT2D eigenvalue weighted by molar-refractivity contribution is 5.89. The maximum atomic E-state index is 12.2. The lowest BCUT2D eigenvalue weighted by molar-refractivity contribution is 0.0776. The summed E-state index contributed by atoms with van der Waals surface area (Å²) < 4.78 is 1.77. The molecule has 8 nitrogen and oxygen atoms in total. The van der Waals surface area contributed by atoms with E-state index in [2.05, 4.69) is 20.5 Å². The van der Waals surface area contributed by atoms with Gasteiger partial charge in [0.1, 0.15) is 0 Å². The van der Waals surface area contributed by atoms with Gasteiger partial charge >= 0.3 is 0 Å². The lowest BCUT2D eigenvalue weighted by Crippen LogP contribution is -2.31. The Kier molecular flexibility index (Phi) is 3.82. The largest absolute Gasteiger partial charge is 0.337 e. The smallest absolute Gasteiger partial charge is 0.295 e. The first-order chi connectivity index (χ1) is 9.38. The first-order valence-corrected chi connectivity index (χ1v) is 6.41. The van der Waals surface area contributed by atoms with Crippen molar-refractivity contribution in [2.24, 2.45) is 0 Å². The molecule has 0 aliphatic heterocycles. The SMILES string of the molecule is CN(CCn1cccn1)C(=O)c1nnn(C(C)(C)C)n1. The van der Waals surface area contributed by atoms with Gasteiger partial charge < -0.3 is 4.90 Å². The van der Waals surface area contributed by atoms with Crippen molar-refractivity contribution in [3.63, 3.8) is 0 Å². The van der Waals surface area contributed by atoms with E-state index in [9.17, 15) is 4.79 Å². The molecule has 8 heteroatoms. The molecule has 0 aliphatic carbocycles. The summed E-state index contributed by atoms with van der Waals surface area (Å²) in [6.45, 7) is 7.01. The molecule has 0 fully saturated rings. The molecular formula is C12H19N7O. The number of likely N-dealkylation sites (N-methyl/N-ethyl adjacent to an activating group) is 1. The Morgan fingerprint density at radius 2 is 2.15 bits per heavy atom. The predicted octanol–water partition coefficient (Wildman–Crippen LogP) is 0.397. The number of carbonyl (C=O) groups excluding carboxylic acids is 1. The van der Waals surface area contributed by atoms with E-state index in [0.29, 0.717) is 13.1 Å². The van der Waals surface area contributed by atoms with Crippen molar-refractivity contribution in [1.29, 1.82) is 0 Å². The summed E-state index contributed by atoms with van der Waals surface area (Å²) in [5, 5.41) is 15.9. The van der Waals surface area contributed by atoms with Gasteiger partial charge in [0.2, 0.25) is 0 Å². The number of amides is 1. The summed E-state index contributed by atoms with van der Waals surface area (Å²) in [5.74, 6) is -0.129. The van der Waals surface area contributed by atoms with Crippen molar-refractivity contribution in [3.8, 4) is 0 Å². The van der Waals surface area contributed by atoms with Crippen LogP contribution in [-0.4, -0.2) is 54.4 Å². The molecule has 2 aromatic rings. The standard InChI is InChI=1S/C12H19N7O/c1-12(2,3)19-15-10(14-16-19)11(20)17(4)8-9-18-7-5-6-13-18/h5-7H,8-9H2,1-4H3. The molecule has 0 bridgehead atoms. The zero-order chi connectivity index (χ0) is 14.8. The minimum absolute atomic E-state index is 0.114. The van der Waals surface area contributed by atoms with E-state index < -0.39 is 0 Å². The molecule has 2 rings (SSSR count). The Morgan fingerprint density at radius 3 is 2.70 bits per heavy atom. The van der Waals surface area contributed by atoms with Crippen molar-refractivity contribution in [2.75, 3.05) is 13.6 Å². The summed E-state index contributed by atoms with van der Waals surface area (Å²) >= 11 is 0. The van der Waals surface area contributed by atoms with Crippen molar-refractivity contribution in [1.82, 2.24) is 34.9 Å². The molecule has 0 saturated carbocycles. The summed E-state index contributed by atoms with van der Waals surface area (Å²) in [6.07, 6.45) is 3.56. The van der Waals surface area contributed by atoms with Crippen LogP contribution >= 0.6 is 0 Å². The van der Waals surface area contributed by atoms with Gasteiger partial charge in [0.15, 0.2) is 0 Å². The van der Waals surface area contributed by atoms with Crippen LogP contribution in [0.2, 0.25) is 0 Å². The number of rotatable bonds is 4. The Labute approximate surface area is 117 Å². The van der Waals surface area contributed by atoms with Crippen LogP contribution < -0.4 is 0 Å². The highest BCUT2D eigenvalue weighted by Gasteiger charge is 2.22. The molecule has 108 valence electrons. The van der Waals surface area contributed by atoms with E-state index in [0.717, 1.165) is 0 Å². The second-order valence-corrected chi connectivity index (χ2v) is 5.57. The second kappa shape index (κ2) is 5.40. The number of aromatic nitrogens is 6. The molecule has 0 radical (unpaired) electrons. The maximum Gasteiger partial charge on any atom is 0.295 e. The van der Waals surface area contributed by atoms with Gasteiger partial charge in [-0.05, 0) is 32.1 Å². The molecule has 0 saturated heterocycles. The second-order valence-electron chi connectivity index (χ2n) is 5.57. The fourth-order valence-corrected chi connectivity index (χ4v) is 1.54. The van der Waals surface area contributed by atoms with Crippen LogP contribution in [0.4, 0.5) is 0 Å². The minimum Gasteiger partial charge on any atom is -0.337 e. The first kappa shape index (κ1) is 14.2. The van der Waals surface area contributed by atoms with Gasteiger partial charge in [0, 0.05) is 26.0 Å². The third-order valence-electron chi connectivity index (χ3n) is 2.78. The Hall–Kier alpha value is -2.25.